The Kier molecular flexibility index (Phi) is 5.64. The van der Waals surface area contributed by atoms with Crippen molar-refractivity contribution in [3.63, 3.8) is 0 Å². The van der Waals surface area contributed by atoms with Crippen LogP contribution < -0.4 is 10.1 Å². The van der Waals surface area contributed by atoms with Crippen molar-refractivity contribution in [1.29, 1.82) is 0 Å². The van der Waals surface area contributed by atoms with E-state index in [0.717, 1.165) is 37.3 Å². The van der Waals surface area contributed by atoms with Crippen molar-refractivity contribution >= 4 is 5.91 Å². The van der Waals surface area contributed by atoms with Crippen molar-refractivity contribution in [2.75, 3.05) is 32.8 Å². The lowest BCUT2D eigenvalue weighted by molar-refractivity contribution is -0.140. The highest BCUT2D eigenvalue weighted by atomic mass is 19.1. The van der Waals surface area contributed by atoms with E-state index in [1.165, 1.54) is 25.3 Å². The highest BCUT2D eigenvalue weighted by Crippen LogP contribution is 2.49. The van der Waals surface area contributed by atoms with Crippen molar-refractivity contribution < 1.29 is 19.0 Å². The number of halogens is 1. The van der Waals surface area contributed by atoms with Gasteiger partial charge in [-0.2, -0.15) is 0 Å². The molecule has 1 amide bonds. The van der Waals surface area contributed by atoms with Gasteiger partial charge in [-0.1, -0.05) is 6.07 Å². The fourth-order valence-corrected chi connectivity index (χ4v) is 4.48. The number of ether oxygens (including phenoxy) is 1. The zero-order valence-corrected chi connectivity index (χ0v) is 15.7. The smallest absolute Gasteiger partial charge is 0.227 e. The first-order valence-electron chi connectivity index (χ1n) is 10.2. The Balaban J connectivity index is 1.20. The number of nitrogens with zero attached hydrogens (tertiary/aromatic N) is 1. The molecule has 6 heteroatoms. The van der Waals surface area contributed by atoms with Crippen molar-refractivity contribution in [3.05, 3.63) is 29.6 Å². The number of β-amino-alcohol motifs (C(OH)–C–C–N with tert-alkyl or cyclic N) is 1. The molecular weight excluding hydrogens is 347 g/mol. The largest absolute Gasteiger partial charge is 0.493 e. The number of nitrogens with one attached hydrogen (secondary N) is 1. The Hall–Kier alpha value is -1.66. The number of benzene rings is 1. The lowest BCUT2D eigenvalue weighted by Crippen LogP contribution is -2.54. The number of piperidine rings is 1. The number of rotatable bonds is 7. The molecule has 3 aliphatic rings. The predicted molar refractivity (Wildman–Crippen MR) is 100.0 cm³/mol. The molecule has 0 radical (unpaired) electrons. The first-order valence-corrected chi connectivity index (χ1v) is 10.2. The molecule has 2 saturated heterocycles. The molecule has 148 valence electrons. The minimum Gasteiger partial charge on any atom is -0.493 e. The van der Waals surface area contributed by atoms with Crippen molar-refractivity contribution in [2.24, 2.45) is 17.8 Å². The fourth-order valence-electron chi connectivity index (χ4n) is 4.48. The number of carbonyl (C=O) groups excluding carboxylic acids is 1. The van der Waals surface area contributed by atoms with Crippen molar-refractivity contribution in [2.45, 2.75) is 38.2 Å². The molecular formula is C21H29FN2O3. The molecule has 4 rings (SSSR count). The van der Waals surface area contributed by atoms with Crippen LogP contribution in [0.4, 0.5) is 4.39 Å². The van der Waals surface area contributed by atoms with Gasteiger partial charge in [0.2, 0.25) is 5.91 Å². The van der Waals surface area contributed by atoms with Crippen molar-refractivity contribution in [3.8, 4) is 5.75 Å². The highest BCUT2D eigenvalue weighted by molar-refractivity contribution is 5.79. The summed E-state index contributed by atoms with van der Waals surface area (Å²) in [5, 5.41) is 12.7. The van der Waals surface area contributed by atoms with Crippen LogP contribution in [-0.2, 0) is 11.2 Å². The minimum absolute atomic E-state index is 0.0266. The molecule has 2 N–H and O–H groups in total. The van der Waals surface area contributed by atoms with E-state index in [1.54, 1.807) is 17.0 Å². The first kappa shape index (κ1) is 18.7. The third-order valence-corrected chi connectivity index (χ3v) is 6.31. The standard InChI is InChI=1S/C21H29FN2O3/c22-20-11-18(2-1-16(20)10-21(26)24-12-17(25)13-24)27-8-5-15-9-19(15)14-3-6-23-7-4-14/h1-2,11,14-15,17,19,23,25H,3-10,12-13H2/t15-,19-/m1/s1. The van der Waals surface area contributed by atoms with Crippen LogP contribution in [0.25, 0.3) is 0 Å². The Labute approximate surface area is 159 Å². The Morgan fingerprint density at radius 2 is 2.07 bits per heavy atom. The monoisotopic (exact) mass is 376 g/mol. The van der Waals surface area contributed by atoms with Crippen LogP contribution in [0.1, 0.15) is 31.2 Å². The molecule has 1 saturated carbocycles. The van der Waals surface area contributed by atoms with Gasteiger partial charge < -0.3 is 20.1 Å². The van der Waals surface area contributed by atoms with Crippen LogP contribution in [0.2, 0.25) is 0 Å². The van der Waals surface area contributed by atoms with Crippen LogP contribution in [0.5, 0.6) is 5.75 Å². The van der Waals surface area contributed by atoms with Gasteiger partial charge in [0.25, 0.3) is 0 Å². The first-order chi connectivity index (χ1) is 13.1. The number of hydrogen-bond acceptors (Lipinski definition) is 4. The van der Waals surface area contributed by atoms with E-state index in [1.807, 2.05) is 0 Å². The Bertz CT molecular complexity index is 671. The van der Waals surface area contributed by atoms with E-state index in [0.29, 0.717) is 31.0 Å². The van der Waals surface area contributed by atoms with E-state index in [-0.39, 0.29) is 12.3 Å². The minimum atomic E-state index is -0.435. The van der Waals surface area contributed by atoms with Gasteiger partial charge in [0.1, 0.15) is 11.6 Å². The average Bonchev–Trinajstić information content (AvgIpc) is 3.41. The normalized spacial score (nSPS) is 25.9. The summed E-state index contributed by atoms with van der Waals surface area (Å²) in [4.78, 5) is 13.6. The maximum atomic E-state index is 14.3. The molecule has 0 aromatic heterocycles. The van der Waals surface area contributed by atoms with Crippen LogP contribution in [-0.4, -0.2) is 54.8 Å². The molecule has 3 fully saturated rings. The third-order valence-electron chi connectivity index (χ3n) is 6.31. The highest BCUT2D eigenvalue weighted by Gasteiger charge is 2.42. The number of carbonyl (C=O) groups is 1. The van der Waals surface area contributed by atoms with Gasteiger partial charge in [-0.05, 0) is 68.2 Å². The molecule has 2 aliphatic heterocycles. The summed E-state index contributed by atoms with van der Waals surface area (Å²) < 4.78 is 20.0. The van der Waals surface area contributed by atoms with E-state index >= 15 is 0 Å². The molecule has 2 atom stereocenters. The second kappa shape index (κ2) is 8.15. The lowest BCUT2D eigenvalue weighted by atomic mass is 9.91. The quantitative estimate of drug-likeness (QED) is 0.764. The van der Waals surface area contributed by atoms with Gasteiger partial charge >= 0.3 is 0 Å². The molecule has 0 bridgehead atoms. The summed E-state index contributed by atoms with van der Waals surface area (Å²) in [7, 11) is 0. The van der Waals surface area contributed by atoms with Gasteiger partial charge in [-0.3, -0.25) is 4.79 Å². The lowest BCUT2D eigenvalue weighted by Gasteiger charge is -2.35. The van der Waals surface area contributed by atoms with Gasteiger partial charge in [0.15, 0.2) is 0 Å². The summed E-state index contributed by atoms with van der Waals surface area (Å²) >= 11 is 0. The fraction of sp³-hybridized carbons (Fsp3) is 0.667. The van der Waals surface area contributed by atoms with E-state index in [4.69, 9.17) is 4.74 Å². The van der Waals surface area contributed by atoms with Gasteiger partial charge in [0, 0.05) is 19.2 Å². The van der Waals surface area contributed by atoms with Gasteiger partial charge in [-0.25, -0.2) is 4.39 Å². The summed E-state index contributed by atoms with van der Waals surface area (Å²) in [6.07, 6.45) is 4.53. The zero-order valence-electron chi connectivity index (χ0n) is 15.7. The maximum absolute atomic E-state index is 14.3. The summed E-state index contributed by atoms with van der Waals surface area (Å²) in [6, 6.07) is 4.76. The van der Waals surface area contributed by atoms with E-state index in [2.05, 4.69) is 5.32 Å². The van der Waals surface area contributed by atoms with Gasteiger partial charge in [-0.15, -0.1) is 0 Å². The van der Waals surface area contributed by atoms with E-state index < -0.39 is 11.9 Å². The number of amides is 1. The van der Waals surface area contributed by atoms with Crippen LogP contribution in [0.3, 0.4) is 0 Å². The Morgan fingerprint density at radius 3 is 2.78 bits per heavy atom. The second-order valence-corrected chi connectivity index (χ2v) is 8.27. The number of likely N-dealkylation sites (tertiary alicyclic amines) is 1. The number of hydrogen-bond donors (Lipinski definition) is 2. The number of aliphatic hydroxyl groups is 1. The Morgan fingerprint density at radius 1 is 1.30 bits per heavy atom. The topological polar surface area (TPSA) is 61.8 Å². The summed E-state index contributed by atoms with van der Waals surface area (Å²) in [5.41, 5.74) is 0.377. The van der Waals surface area contributed by atoms with Crippen molar-refractivity contribution in [1.82, 2.24) is 10.2 Å². The van der Waals surface area contributed by atoms with E-state index in [9.17, 15) is 14.3 Å². The summed E-state index contributed by atoms with van der Waals surface area (Å²) in [5.74, 6) is 2.48. The number of aliphatic hydroxyl groups excluding tert-OH is 1. The summed E-state index contributed by atoms with van der Waals surface area (Å²) in [6.45, 7) is 3.62. The SMILES string of the molecule is O=C(Cc1ccc(OCC[C@@H]2C[C@@H]2C2CCNCC2)cc1F)N1CC(O)C1. The molecule has 27 heavy (non-hydrogen) atoms. The second-order valence-electron chi connectivity index (χ2n) is 8.27. The predicted octanol–water partition coefficient (Wildman–Crippen LogP) is 1.98. The van der Waals surface area contributed by atoms with Gasteiger partial charge in [0.05, 0.1) is 19.1 Å². The average molecular weight is 376 g/mol. The van der Waals surface area contributed by atoms with Crippen LogP contribution in [0.15, 0.2) is 18.2 Å². The molecule has 1 aromatic rings. The maximum Gasteiger partial charge on any atom is 0.227 e. The van der Waals surface area contributed by atoms with Crippen LogP contribution >= 0.6 is 0 Å². The molecule has 0 spiro atoms. The van der Waals surface area contributed by atoms with Crippen LogP contribution in [0, 0.1) is 23.6 Å². The molecule has 2 heterocycles. The molecule has 1 aliphatic carbocycles. The third kappa shape index (κ3) is 4.61. The molecule has 5 nitrogen and oxygen atoms in total. The zero-order chi connectivity index (χ0) is 18.8. The molecule has 0 unspecified atom stereocenters. The molecule has 1 aromatic carbocycles.